The summed E-state index contributed by atoms with van der Waals surface area (Å²) in [6.45, 7) is 2.22. The van der Waals surface area contributed by atoms with Gasteiger partial charge in [-0.2, -0.15) is 0 Å². The fourth-order valence-corrected chi connectivity index (χ4v) is 4.94. The van der Waals surface area contributed by atoms with Gasteiger partial charge in [0.05, 0.1) is 24.1 Å². The number of carbonyl (C=O) groups excluding carboxylic acids is 2. The lowest BCUT2D eigenvalue weighted by Crippen LogP contribution is -2.24. The van der Waals surface area contributed by atoms with Crippen LogP contribution < -0.4 is 5.32 Å². The van der Waals surface area contributed by atoms with Crippen molar-refractivity contribution in [2.45, 2.75) is 32.1 Å². The second-order valence-corrected chi connectivity index (χ2v) is 8.41. The van der Waals surface area contributed by atoms with Crippen molar-refractivity contribution in [3.05, 3.63) is 82.4 Å². The van der Waals surface area contributed by atoms with E-state index in [1.807, 2.05) is 67.6 Å². The predicted octanol–water partition coefficient (Wildman–Crippen LogP) is 4.58. The van der Waals surface area contributed by atoms with Crippen molar-refractivity contribution >= 4 is 28.3 Å². The summed E-state index contributed by atoms with van der Waals surface area (Å²) in [5, 5.41) is 3.61. The number of nitrogens with one attached hydrogen (secondary N) is 1. The maximum Gasteiger partial charge on any atom is 0.309 e. The van der Waals surface area contributed by atoms with Gasteiger partial charge in [0.2, 0.25) is 5.91 Å². The van der Waals surface area contributed by atoms with Crippen LogP contribution in [0.2, 0.25) is 0 Å². The number of nitrogens with zero attached hydrogens (tertiary/aromatic N) is 1. The standard InChI is InChI=1S/C24H24N2O3S/c1-2-29-23(28)18-13-14-19-20(15-18)30-24(25-19)26-22(27)21(16-9-5-3-6-10-16)17-11-7-4-8-12-17/h3-12,18,21H,2,13-15H2,1H3,(H,25,26,27). The summed E-state index contributed by atoms with van der Waals surface area (Å²) in [6.07, 6.45) is 2.09. The van der Waals surface area contributed by atoms with Crippen molar-refractivity contribution in [3.8, 4) is 0 Å². The first kappa shape index (κ1) is 20.3. The van der Waals surface area contributed by atoms with Crippen LogP contribution in [0.3, 0.4) is 0 Å². The molecule has 1 aromatic heterocycles. The first-order valence-electron chi connectivity index (χ1n) is 10.2. The van der Waals surface area contributed by atoms with Crippen LogP contribution in [0, 0.1) is 5.92 Å². The Kier molecular flexibility index (Phi) is 6.23. The monoisotopic (exact) mass is 420 g/mol. The quantitative estimate of drug-likeness (QED) is 0.593. The zero-order chi connectivity index (χ0) is 20.9. The zero-order valence-electron chi connectivity index (χ0n) is 16.8. The summed E-state index contributed by atoms with van der Waals surface area (Å²) in [6, 6.07) is 19.5. The van der Waals surface area contributed by atoms with E-state index in [9.17, 15) is 9.59 Å². The highest BCUT2D eigenvalue weighted by Gasteiger charge is 2.29. The van der Waals surface area contributed by atoms with E-state index in [2.05, 4.69) is 10.3 Å². The number of aromatic nitrogens is 1. The van der Waals surface area contributed by atoms with E-state index in [4.69, 9.17) is 4.74 Å². The van der Waals surface area contributed by atoms with Crippen LogP contribution in [0.1, 0.15) is 41.0 Å². The van der Waals surface area contributed by atoms with Crippen molar-refractivity contribution in [1.29, 1.82) is 0 Å². The average molecular weight is 421 g/mol. The van der Waals surface area contributed by atoms with Gasteiger partial charge in [-0.25, -0.2) is 4.98 Å². The molecule has 0 bridgehead atoms. The Balaban J connectivity index is 1.54. The van der Waals surface area contributed by atoms with Gasteiger partial charge in [0.15, 0.2) is 5.13 Å². The lowest BCUT2D eigenvalue weighted by Gasteiger charge is -2.18. The van der Waals surface area contributed by atoms with Crippen molar-refractivity contribution in [2.75, 3.05) is 11.9 Å². The molecule has 5 nitrogen and oxygen atoms in total. The Morgan fingerprint density at radius 1 is 1.10 bits per heavy atom. The van der Waals surface area contributed by atoms with Gasteiger partial charge >= 0.3 is 5.97 Å². The highest BCUT2D eigenvalue weighted by molar-refractivity contribution is 7.15. The highest BCUT2D eigenvalue weighted by Crippen LogP contribution is 2.34. The number of benzene rings is 2. The van der Waals surface area contributed by atoms with E-state index >= 15 is 0 Å². The summed E-state index contributed by atoms with van der Waals surface area (Å²) in [4.78, 5) is 31.0. The SMILES string of the molecule is CCOC(=O)C1CCc2nc(NC(=O)C(c3ccccc3)c3ccccc3)sc2C1. The molecule has 2 aromatic carbocycles. The number of thiazole rings is 1. The van der Waals surface area contributed by atoms with E-state index in [1.54, 1.807) is 0 Å². The molecule has 30 heavy (non-hydrogen) atoms. The van der Waals surface area contributed by atoms with Gasteiger partial charge in [-0.3, -0.25) is 9.59 Å². The second-order valence-electron chi connectivity index (χ2n) is 7.32. The molecule has 0 spiro atoms. The number of rotatable bonds is 6. The van der Waals surface area contributed by atoms with E-state index in [0.29, 0.717) is 18.2 Å². The molecule has 0 fully saturated rings. The lowest BCUT2D eigenvalue weighted by atomic mass is 9.90. The molecule has 6 heteroatoms. The number of anilines is 1. The number of esters is 1. The summed E-state index contributed by atoms with van der Waals surface area (Å²) in [5.41, 5.74) is 2.85. The Bertz CT molecular complexity index is 978. The van der Waals surface area contributed by atoms with Gasteiger partial charge in [0, 0.05) is 4.88 Å². The van der Waals surface area contributed by atoms with Crippen molar-refractivity contribution < 1.29 is 14.3 Å². The van der Waals surface area contributed by atoms with Gasteiger partial charge in [-0.1, -0.05) is 60.7 Å². The molecule has 0 saturated heterocycles. The minimum absolute atomic E-state index is 0.111. The Morgan fingerprint density at radius 3 is 2.33 bits per heavy atom. The largest absolute Gasteiger partial charge is 0.466 e. The van der Waals surface area contributed by atoms with Crippen LogP contribution >= 0.6 is 11.3 Å². The van der Waals surface area contributed by atoms with E-state index in [-0.39, 0.29) is 17.8 Å². The molecular weight excluding hydrogens is 396 g/mol. The zero-order valence-corrected chi connectivity index (χ0v) is 17.7. The molecule has 0 radical (unpaired) electrons. The summed E-state index contributed by atoms with van der Waals surface area (Å²) in [7, 11) is 0. The van der Waals surface area contributed by atoms with Crippen LogP contribution in [0.4, 0.5) is 5.13 Å². The van der Waals surface area contributed by atoms with Crippen molar-refractivity contribution in [3.63, 3.8) is 0 Å². The molecular formula is C24H24N2O3S. The van der Waals surface area contributed by atoms with Gasteiger partial charge < -0.3 is 10.1 Å². The number of amides is 1. The number of carbonyl (C=O) groups is 2. The molecule has 0 aliphatic heterocycles. The molecule has 154 valence electrons. The normalized spacial score (nSPS) is 15.5. The Morgan fingerprint density at radius 2 is 1.73 bits per heavy atom. The molecule has 3 aromatic rings. The van der Waals surface area contributed by atoms with E-state index in [1.165, 1.54) is 11.3 Å². The van der Waals surface area contributed by atoms with Crippen LogP contribution in [-0.2, 0) is 27.2 Å². The molecule has 1 aliphatic rings. The van der Waals surface area contributed by atoms with Crippen LogP contribution in [0.15, 0.2) is 60.7 Å². The molecule has 1 N–H and O–H groups in total. The lowest BCUT2D eigenvalue weighted by molar-refractivity contribution is -0.148. The number of aryl methyl sites for hydroxylation is 1. The molecule has 4 rings (SSSR count). The number of hydrogen-bond acceptors (Lipinski definition) is 5. The summed E-state index contributed by atoms with van der Waals surface area (Å²) >= 11 is 1.46. The average Bonchev–Trinajstić information content (AvgIpc) is 3.17. The minimum Gasteiger partial charge on any atom is -0.466 e. The molecule has 1 atom stereocenters. The molecule has 1 heterocycles. The van der Waals surface area contributed by atoms with E-state index in [0.717, 1.165) is 34.5 Å². The maximum absolute atomic E-state index is 13.3. The third kappa shape index (κ3) is 4.44. The van der Waals surface area contributed by atoms with Crippen LogP contribution in [-0.4, -0.2) is 23.5 Å². The summed E-state index contributed by atoms with van der Waals surface area (Å²) < 4.78 is 5.17. The summed E-state index contributed by atoms with van der Waals surface area (Å²) in [5.74, 6) is -0.792. The Labute approximate surface area is 180 Å². The van der Waals surface area contributed by atoms with Gasteiger partial charge in [0.25, 0.3) is 0 Å². The first-order chi connectivity index (χ1) is 14.7. The fourth-order valence-electron chi connectivity index (χ4n) is 3.85. The predicted molar refractivity (Wildman–Crippen MR) is 118 cm³/mol. The smallest absolute Gasteiger partial charge is 0.309 e. The first-order valence-corrected chi connectivity index (χ1v) is 11.0. The van der Waals surface area contributed by atoms with Crippen LogP contribution in [0.25, 0.3) is 0 Å². The van der Waals surface area contributed by atoms with Crippen molar-refractivity contribution in [2.24, 2.45) is 5.92 Å². The minimum atomic E-state index is -0.416. The number of hydrogen-bond donors (Lipinski definition) is 1. The molecule has 1 unspecified atom stereocenters. The fraction of sp³-hybridized carbons (Fsp3) is 0.292. The number of ether oxygens (including phenoxy) is 1. The third-order valence-corrected chi connectivity index (χ3v) is 6.35. The van der Waals surface area contributed by atoms with Gasteiger partial charge in [-0.05, 0) is 37.3 Å². The Hall–Kier alpha value is -2.99. The maximum atomic E-state index is 13.3. The molecule has 0 saturated carbocycles. The van der Waals surface area contributed by atoms with Crippen LogP contribution in [0.5, 0.6) is 0 Å². The number of fused-ring (bicyclic) bond motifs is 1. The van der Waals surface area contributed by atoms with Gasteiger partial charge in [-0.15, -0.1) is 11.3 Å². The molecule has 1 aliphatic carbocycles. The topological polar surface area (TPSA) is 68.3 Å². The van der Waals surface area contributed by atoms with Gasteiger partial charge in [0.1, 0.15) is 0 Å². The third-order valence-electron chi connectivity index (χ3n) is 5.32. The second kappa shape index (κ2) is 9.22. The van der Waals surface area contributed by atoms with E-state index < -0.39 is 5.92 Å². The van der Waals surface area contributed by atoms with Crippen molar-refractivity contribution in [1.82, 2.24) is 4.98 Å². The molecule has 1 amide bonds. The highest BCUT2D eigenvalue weighted by atomic mass is 32.1.